The minimum atomic E-state index is -0.310. The van der Waals surface area contributed by atoms with Gasteiger partial charge < -0.3 is 10.5 Å². The van der Waals surface area contributed by atoms with Crippen molar-refractivity contribution in [3.63, 3.8) is 0 Å². The lowest BCUT2D eigenvalue weighted by Crippen LogP contribution is -2.39. The Labute approximate surface area is 121 Å². The van der Waals surface area contributed by atoms with Gasteiger partial charge in [0.1, 0.15) is 6.04 Å². The molecule has 0 bridgehead atoms. The SMILES string of the molecule is COC(=O)[C@H](C)N(CC=C(C)C)Cc1ccccc1N. The van der Waals surface area contributed by atoms with Crippen LogP contribution < -0.4 is 5.73 Å². The van der Waals surface area contributed by atoms with E-state index in [4.69, 9.17) is 10.5 Å². The number of anilines is 1. The number of nitrogens with zero attached hydrogens (tertiary/aromatic N) is 1. The Hall–Kier alpha value is -1.81. The molecule has 2 N–H and O–H groups in total. The third kappa shape index (κ3) is 4.70. The summed E-state index contributed by atoms with van der Waals surface area (Å²) in [6, 6.07) is 7.40. The van der Waals surface area contributed by atoms with Crippen molar-refractivity contribution in [2.45, 2.75) is 33.4 Å². The summed E-state index contributed by atoms with van der Waals surface area (Å²) in [4.78, 5) is 13.8. The lowest BCUT2D eigenvalue weighted by Gasteiger charge is -2.26. The number of allylic oxidation sites excluding steroid dienone is 1. The number of esters is 1. The van der Waals surface area contributed by atoms with E-state index in [0.29, 0.717) is 13.1 Å². The number of nitrogen functional groups attached to an aromatic ring is 1. The van der Waals surface area contributed by atoms with Crippen LogP contribution in [-0.2, 0) is 16.1 Å². The highest BCUT2D eigenvalue weighted by molar-refractivity contribution is 5.75. The van der Waals surface area contributed by atoms with E-state index in [1.807, 2.05) is 49.9 Å². The summed E-state index contributed by atoms with van der Waals surface area (Å²) in [6.07, 6.45) is 2.10. The maximum absolute atomic E-state index is 11.8. The number of para-hydroxylation sites is 1. The number of carbonyl (C=O) groups is 1. The van der Waals surface area contributed by atoms with Crippen molar-refractivity contribution in [2.75, 3.05) is 19.4 Å². The van der Waals surface area contributed by atoms with Gasteiger partial charge in [-0.15, -0.1) is 0 Å². The first-order chi connectivity index (χ1) is 9.45. The number of benzene rings is 1. The Kier molecular flexibility index (Phi) is 6.25. The number of hydrogen-bond acceptors (Lipinski definition) is 4. The molecule has 0 aliphatic carbocycles. The van der Waals surface area contributed by atoms with Gasteiger partial charge in [0.2, 0.25) is 0 Å². The van der Waals surface area contributed by atoms with Crippen LogP contribution in [0.2, 0.25) is 0 Å². The number of ether oxygens (including phenoxy) is 1. The summed E-state index contributed by atoms with van der Waals surface area (Å²) in [5.41, 5.74) is 8.95. The first kappa shape index (κ1) is 16.2. The molecule has 20 heavy (non-hydrogen) atoms. The highest BCUT2D eigenvalue weighted by Crippen LogP contribution is 2.16. The van der Waals surface area contributed by atoms with Crippen molar-refractivity contribution in [3.05, 3.63) is 41.5 Å². The Morgan fingerprint density at radius 1 is 1.40 bits per heavy atom. The molecular formula is C16H24N2O2. The maximum Gasteiger partial charge on any atom is 0.322 e. The Balaban J connectivity index is 2.90. The van der Waals surface area contributed by atoms with Gasteiger partial charge in [-0.3, -0.25) is 9.69 Å². The standard InChI is InChI=1S/C16H24N2O2/c1-12(2)9-10-18(13(3)16(19)20-4)11-14-7-5-6-8-15(14)17/h5-9,13H,10-11,17H2,1-4H3/t13-/m0/s1. The number of nitrogens with two attached hydrogens (primary N) is 1. The van der Waals surface area contributed by atoms with E-state index >= 15 is 0 Å². The van der Waals surface area contributed by atoms with Gasteiger partial charge in [-0.05, 0) is 32.4 Å². The first-order valence-electron chi connectivity index (χ1n) is 6.74. The maximum atomic E-state index is 11.8. The monoisotopic (exact) mass is 276 g/mol. The lowest BCUT2D eigenvalue weighted by molar-refractivity contribution is -0.146. The third-order valence-corrected chi connectivity index (χ3v) is 3.25. The molecule has 0 aromatic heterocycles. The van der Waals surface area contributed by atoms with Crippen molar-refractivity contribution >= 4 is 11.7 Å². The molecule has 0 amide bonds. The van der Waals surface area contributed by atoms with E-state index in [9.17, 15) is 4.79 Å². The largest absolute Gasteiger partial charge is 0.468 e. The summed E-state index contributed by atoms with van der Waals surface area (Å²) in [6.45, 7) is 7.24. The molecule has 1 rings (SSSR count). The zero-order chi connectivity index (χ0) is 15.1. The van der Waals surface area contributed by atoms with Gasteiger partial charge in [0.05, 0.1) is 7.11 Å². The van der Waals surface area contributed by atoms with Crippen molar-refractivity contribution in [2.24, 2.45) is 0 Å². The van der Waals surface area contributed by atoms with E-state index in [1.54, 1.807) is 0 Å². The van der Waals surface area contributed by atoms with Crippen LogP contribution in [0.15, 0.2) is 35.9 Å². The fourth-order valence-corrected chi connectivity index (χ4v) is 1.88. The summed E-state index contributed by atoms with van der Waals surface area (Å²) in [5.74, 6) is -0.235. The molecule has 0 unspecified atom stereocenters. The number of methoxy groups -OCH3 is 1. The summed E-state index contributed by atoms with van der Waals surface area (Å²) in [5, 5.41) is 0. The van der Waals surface area contributed by atoms with Gasteiger partial charge in [0.25, 0.3) is 0 Å². The van der Waals surface area contributed by atoms with Crippen LogP contribution in [0.25, 0.3) is 0 Å². The lowest BCUT2D eigenvalue weighted by atomic mass is 10.1. The van der Waals surface area contributed by atoms with Crippen molar-refractivity contribution in [1.29, 1.82) is 0 Å². The highest BCUT2D eigenvalue weighted by Gasteiger charge is 2.21. The van der Waals surface area contributed by atoms with Crippen molar-refractivity contribution in [1.82, 2.24) is 4.90 Å². The van der Waals surface area contributed by atoms with Gasteiger partial charge >= 0.3 is 5.97 Å². The first-order valence-corrected chi connectivity index (χ1v) is 6.74. The minimum Gasteiger partial charge on any atom is -0.468 e. The predicted octanol–water partition coefficient (Wildman–Crippen LogP) is 2.60. The van der Waals surface area contributed by atoms with Crippen LogP contribution in [0.1, 0.15) is 26.3 Å². The Morgan fingerprint density at radius 3 is 2.60 bits per heavy atom. The molecule has 0 fully saturated rings. The number of carbonyl (C=O) groups excluding carboxylic acids is 1. The average Bonchev–Trinajstić information content (AvgIpc) is 2.43. The molecule has 0 saturated heterocycles. The molecule has 0 radical (unpaired) electrons. The summed E-state index contributed by atoms with van der Waals surface area (Å²) in [7, 11) is 1.41. The molecule has 0 heterocycles. The smallest absolute Gasteiger partial charge is 0.322 e. The van der Waals surface area contributed by atoms with Crippen molar-refractivity contribution < 1.29 is 9.53 Å². The van der Waals surface area contributed by atoms with E-state index in [2.05, 4.69) is 6.08 Å². The quantitative estimate of drug-likeness (QED) is 0.493. The molecule has 0 saturated carbocycles. The van der Waals surface area contributed by atoms with E-state index in [1.165, 1.54) is 12.7 Å². The summed E-state index contributed by atoms with van der Waals surface area (Å²) >= 11 is 0. The van der Waals surface area contributed by atoms with Gasteiger partial charge in [0.15, 0.2) is 0 Å². The molecule has 1 aromatic carbocycles. The van der Waals surface area contributed by atoms with Gasteiger partial charge in [0, 0.05) is 18.8 Å². The number of hydrogen-bond donors (Lipinski definition) is 1. The second-order valence-corrected chi connectivity index (χ2v) is 5.11. The molecule has 4 heteroatoms. The van der Waals surface area contributed by atoms with Crippen LogP contribution in [0.4, 0.5) is 5.69 Å². The zero-order valence-corrected chi connectivity index (χ0v) is 12.7. The van der Waals surface area contributed by atoms with Crippen LogP contribution in [0.5, 0.6) is 0 Å². The predicted molar refractivity (Wildman–Crippen MR) is 82.2 cm³/mol. The fraction of sp³-hybridized carbons (Fsp3) is 0.438. The second kappa shape index (κ2) is 7.70. The van der Waals surface area contributed by atoms with Crippen LogP contribution in [0, 0.1) is 0 Å². The highest BCUT2D eigenvalue weighted by atomic mass is 16.5. The Bertz CT molecular complexity index is 479. The zero-order valence-electron chi connectivity index (χ0n) is 12.7. The molecule has 0 spiro atoms. The van der Waals surface area contributed by atoms with Crippen molar-refractivity contribution in [3.8, 4) is 0 Å². The van der Waals surface area contributed by atoms with Crippen LogP contribution in [0.3, 0.4) is 0 Å². The van der Waals surface area contributed by atoms with Crippen LogP contribution in [-0.4, -0.2) is 30.6 Å². The van der Waals surface area contributed by atoms with E-state index in [0.717, 1.165) is 11.3 Å². The topological polar surface area (TPSA) is 55.6 Å². The molecular weight excluding hydrogens is 252 g/mol. The van der Waals surface area contributed by atoms with E-state index in [-0.39, 0.29) is 12.0 Å². The van der Waals surface area contributed by atoms with Gasteiger partial charge in [-0.2, -0.15) is 0 Å². The molecule has 0 aliphatic rings. The van der Waals surface area contributed by atoms with E-state index < -0.39 is 0 Å². The molecule has 0 aliphatic heterocycles. The molecule has 1 atom stereocenters. The van der Waals surface area contributed by atoms with Gasteiger partial charge in [-0.1, -0.05) is 29.8 Å². The fourth-order valence-electron chi connectivity index (χ4n) is 1.88. The second-order valence-electron chi connectivity index (χ2n) is 5.11. The molecule has 1 aromatic rings. The average molecular weight is 276 g/mol. The summed E-state index contributed by atoms with van der Waals surface area (Å²) < 4.78 is 4.84. The normalized spacial score (nSPS) is 12.1. The van der Waals surface area contributed by atoms with Gasteiger partial charge in [-0.25, -0.2) is 0 Å². The third-order valence-electron chi connectivity index (χ3n) is 3.25. The minimum absolute atomic E-state index is 0.235. The van der Waals surface area contributed by atoms with Crippen LogP contribution >= 0.6 is 0 Å². The molecule has 110 valence electrons. The molecule has 4 nitrogen and oxygen atoms in total. The number of rotatable bonds is 6. The Morgan fingerprint density at radius 2 is 2.05 bits per heavy atom.